The van der Waals surface area contributed by atoms with E-state index in [1.165, 1.54) is 16.9 Å². The van der Waals surface area contributed by atoms with Crippen molar-refractivity contribution in [1.29, 1.82) is 0 Å². The minimum Gasteiger partial charge on any atom is -0.484 e. The molecule has 0 fully saturated rings. The molecule has 0 bridgehead atoms. The zero-order chi connectivity index (χ0) is 16.0. The Kier molecular flexibility index (Phi) is 5.57. The van der Waals surface area contributed by atoms with Crippen molar-refractivity contribution in [2.24, 2.45) is 0 Å². The number of amides is 1. The van der Waals surface area contributed by atoms with E-state index >= 15 is 0 Å². The van der Waals surface area contributed by atoms with E-state index in [1.54, 1.807) is 6.92 Å². The quantitative estimate of drug-likeness (QED) is 0.825. The number of rotatable bonds is 7. The molecular formula is C17H21NO3S. The summed E-state index contributed by atoms with van der Waals surface area (Å²) in [6.07, 6.45) is 0.971. The van der Waals surface area contributed by atoms with Gasteiger partial charge in [-0.3, -0.25) is 4.79 Å². The molecule has 0 aliphatic carbocycles. The normalized spacial score (nSPS) is 13.4. The molecule has 1 aromatic carbocycles. The Morgan fingerprint density at radius 2 is 2.05 bits per heavy atom. The van der Waals surface area contributed by atoms with E-state index in [9.17, 15) is 9.90 Å². The van der Waals surface area contributed by atoms with Gasteiger partial charge in [0.05, 0.1) is 6.54 Å². The third-order valence-corrected chi connectivity index (χ3v) is 4.51. The van der Waals surface area contributed by atoms with E-state index < -0.39 is 5.60 Å². The zero-order valence-electron chi connectivity index (χ0n) is 12.8. The van der Waals surface area contributed by atoms with Gasteiger partial charge < -0.3 is 15.2 Å². The SMILES string of the molecule is CCc1ccc(OCC(=O)NCC(C)(O)c2cccs2)cc1. The Balaban J connectivity index is 1.78. The lowest BCUT2D eigenvalue weighted by atomic mass is 10.1. The van der Waals surface area contributed by atoms with Crippen molar-refractivity contribution in [2.45, 2.75) is 25.9 Å². The fourth-order valence-electron chi connectivity index (χ4n) is 1.96. The molecule has 1 aromatic heterocycles. The van der Waals surface area contributed by atoms with Gasteiger partial charge in [-0.15, -0.1) is 11.3 Å². The second-order valence-electron chi connectivity index (χ2n) is 5.31. The van der Waals surface area contributed by atoms with Crippen LogP contribution in [0.3, 0.4) is 0 Å². The van der Waals surface area contributed by atoms with Gasteiger partial charge in [-0.1, -0.05) is 25.1 Å². The summed E-state index contributed by atoms with van der Waals surface area (Å²) in [5.41, 5.74) is 0.163. The first-order chi connectivity index (χ1) is 10.5. The largest absolute Gasteiger partial charge is 0.484 e. The van der Waals surface area contributed by atoms with Crippen LogP contribution < -0.4 is 10.1 Å². The molecule has 0 saturated carbocycles. The summed E-state index contributed by atoms with van der Waals surface area (Å²) in [4.78, 5) is 12.6. The van der Waals surface area contributed by atoms with Gasteiger partial charge in [0.1, 0.15) is 11.4 Å². The molecule has 0 aliphatic heterocycles. The molecule has 0 saturated heterocycles. The van der Waals surface area contributed by atoms with Crippen LogP contribution in [0.25, 0.3) is 0 Å². The smallest absolute Gasteiger partial charge is 0.258 e. The summed E-state index contributed by atoms with van der Waals surface area (Å²) >= 11 is 1.46. The molecule has 1 heterocycles. The number of nitrogens with one attached hydrogen (secondary N) is 1. The number of aryl methyl sites for hydroxylation is 1. The predicted octanol–water partition coefficient (Wildman–Crippen LogP) is 2.71. The summed E-state index contributed by atoms with van der Waals surface area (Å²) in [6, 6.07) is 11.4. The summed E-state index contributed by atoms with van der Waals surface area (Å²) in [7, 11) is 0. The van der Waals surface area contributed by atoms with Crippen LogP contribution in [0.2, 0.25) is 0 Å². The molecule has 5 heteroatoms. The number of hydrogen-bond donors (Lipinski definition) is 2. The highest BCUT2D eigenvalue weighted by Crippen LogP contribution is 2.24. The van der Waals surface area contributed by atoms with Crippen LogP contribution in [0.1, 0.15) is 24.3 Å². The van der Waals surface area contributed by atoms with E-state index in [0.717, 1.165) is 11.3 Å². The molecule has 118 valence electrons. The Hall–Kier alpha value is -1.85. The lowest BCUT2D eigenvalue weighted by Crippen LogP contribution is -2.40. The molecule has 2 N–H and O–H groups in total. The highest BCUT2D eigenvalue weighted by Gasteiger charge is 2.24. The Labute approximate surface area is 134 Å². The summed E-state index contributed by atoms with van der Waals surface area (Å²) in [5, 5.41) is 14.9. The standard InChI is InChI=1S/C17H21NO3S/c1-3-13-6-8-14(9-7-13)21-11-16(19)18-12-17(2,20)15-5-4-10-22-15/h4-10,20H,3,11-12H2,1-2H3,(H,18,19). The van der Waals surface area contributed by atoms with Crippen molar-refractivity contribution < 1.29 is 14.6 Å². The van der Waals surface area contributed by atoms with E-state index in [0.29, 0.717) is 5.75 Å². The first kappa shape index (κ1) is 16.5. The van der Waals surface area contributed by atoms with Gasteiger partial charge in [-0.25, -0.2) is 0 Å². The lowest BCUT2D eigenvalue weighted by Gasteiger charge is -2.22. The molecule has 0 spiro atoms. The van der Waals surface area contributed by atoms with Crippen LogP contribution >= 0.6 is 11.3 Å². The monoisotopic (exact) mass is 319 g/mol. The van der Waals surface area contributed by atoms with Crippen LogP contribution in [-0.2, 0) is 16.8 Å². The van der Waals surface area contributed by atoms with Gasteiger partial charge in [0.2, 0.25) is 0 Å². The molecule has 4 nitrogen and oxygen atoms in total. The van der Waals surface area contributed by atoms with Gasteiger partial charge in [-0.2, -0.15) is 0 Å². The highest BCUT2D eigenvalue weighted by molar-refractivity contribution is 7.10. The average molecular weight is 319 g/mol. The van der Waals surface area contributed by atoms with E-state index in [2.05, 4.69) is 12.2 Å². The van der Waals surface area contributed by atoms with Crippen molar-refractivity contribution in [3.8, 4) is 5.75 Å². The fraction of sp³-hybridized carbons (Fsp3) is 0.353. The number of hydrogen-bond acceptors (Lipinski definition) is 4. The van der Waals surface area contributed by atoms with Gasteiger partial charge in [0, 0.05) is 4.88 Å². The molecule has 1 atom stereocenters. The Morgan fingerprint density at radius 3 is 2.64 bits per heavy atom. The first-order valence-electron chi connectivity index (χ1n) is 7.26. The topological polar surface area (TPSA) is 58.6 Å². The number of thiophene rings is 1. The molecule has 0 aliphatic rings. The molecule has 2 rings (SSSR count). The molecule has 2 aromatic rings. The van der Waals surface area contributed by atoms with E-state index in [1.807, 2.05) is 41.8 Å². The molecule has 0 radical (unpaired) electrons. The van der Waals surface area contributed by atoms with Gasteiger partial charge in [0.25, 0.3) is 5.91 Å². The second-order valence-corrected chi connectivity index (χ2v) is 6.26. The Bertz CT molecular complexity index is 591. The number of carbonyl (C=O) groups is 1. The van der Waals surface area contributed by atoms with Crippen molar-refractivity contribution in [3.63, 3.8) is 0 Å². The number of benzene rings is 1. The second kappa shape index (κ2) is 7.42. The van der Waals surface area contributed by atoms with Crippen LogP contribution in [0, 0.1) is 0 Å². The molecule has 1 amide bonds. The lowest BCUT2D eigenvalue weighted by molar-refractivity contribution is -0.124. The van der Waals surface area contributed by atoms with Crippen molar-refractivity contribution in [2.75, 3.05) is 13.2 Å². The molecular weight excluding hydrogens is 298 g/mol. The minimum atomic E-state index is -1.06. The van der Waals surface area contributed by atoms with Crippen molar-refractivity contribution in [3.05, 3.63) is 52.2 Å². The third-order valence-electron chi connectivity index (χ3n) is 3.38. The maximum absolute atomic E-state index is 11.8. The van der Waals surface area contributed by atoms with Crippen LogP contribution in [-0.4, -0.2) is 24.2 Å². The van der Waals surface area contributed by atoms with E-state index in [4.69, 9.17) is 4.74 Å². The number of aliphatic hydroxyl groups is 1. The summed E-state index contributed by atoms with van der Waals surface area (Å²) < 4.78 is 5.43. The van der Waals surface area contributed by atoms with Crippen molar-refractivity contribution >= 4 is 17.2 Å². The maximum Gasteiger partial charge on any atom is 0.258 e. The zero-order valence-corrected chi connectivity index (χ0v) is 13.7. The van der Waals surface area contributed by atoms with E-state index in [-0.39, 0.29) is 19.1 Å². The van der Waals surface area contributed by atoms with Crippen LogP contribution in [0.15, 0.2) is 41.8 Å². The Morgan fingerprint density at radius 1 is 1.32 bits per heavy atom. The van der Waals surface area contributed by atoms with Crippen LogP contribution in [0.4, 0.5) is 0 Å². The summed E-state index contributed by atoms with van der Waals surface area (Å²) in [6.45, 7) is 3.86. The third kappa shape index (κ3) is 4.58. The van der Waals surface area contributed by atoms with Gasteiger partial charge in [0.15, 0.2) is 6.61 Å². The van der Waals surface area contributed by atoms with Gasteiger partial charge in [-0.05, 0) is 42.5 Å². The first-order valence-corrected chi connectivity index (χ1v) is 8.14. The highest BCUT2D eigenvalue weighted by atomic mass is 32.1. The minimum absolute atomic E-state index is 0.0635. The predicted molar refractivity (Wildman–Crippen MR) is 88.2 cm³/mol. The number of carbonyl (C=O) groups excluding carboxylic acids is 1. The number of ether oxygens (including phenoxy) is 1. The van der Waals surface area contributed by atoms with Crippen LogP contribution in [0.5, 0.6) is 5.75 Å². The average Bonchev–Trinajstić information content (AvgIpc) is 3.07. The maximum atomic E-state index is 11.8. The molecule has 1 unspecified atom stereocenters. The van der Waals surface area contributed by atoms with Crippen molar-refractivity contribution in [1.82, 2.24) is 5.32 Å². The summed E-state index contributed by atoms with van der Waals surface area (Å²) in [5.74, 6) is 0.411. The fourth-order valence-corrected chi connectivity index (χ4v) is 2.75. The molecule has 22 heavy (non-hydrogen) atoms. The van der Waals surface area contributed by atoms with Gasteiger partial charge >= 0.3 is 0 Å².